The third kappa shape index (κ3) is 5.61. The molecule has 1 aromatic rings. The highest BCUT2D eigenvalue weighted by atomic mass is 19.4. The van der Waals surface area contributed by atoms with Crippen molar-refractivity contribution in [3.63, 3.8) is 0 Å². The molecule has 1 heterocycles. The summed E-state index contributed by atoms with van der Waals surface area (Å²) in [7, 11) is 1.76. The minimum Gasteiger partial charge on any atom is -0.372 e. The second-order valence-electron chi connectivity index (χ2n) is 4.28. The van der Waals surface area contributed by atoms with Crippen molar-refractivity contribution < 1.29 is 17.9 Å². The van der Waals surface area contributed by atoms with E-state index in [0.717, 1.165) is 18.8 Å². The lowest BCUT2D eigenvalue weighted by Gasteiger charge is -2.17. The van der Waals surface area contributed by atoms with Gasteiger partial charge < -0.3 is 14.6 Å². The number of halogens is 3. The van der Waals surface area contributed by atoms with Crippen molar-refractivity contribution >= 4 is 0 Å². The lowest BCUT2D eigenvalue weighted by molar-refractivity contribution is -0.174. The van der Waals surface area contributed by atoms with Crippen LogP contribution in [0.15, 0.2) is 12.4 Å². The fourth-order valence-electron chi connectivity index (χ4n) is 1.85. The Bertz CT molecular complexity index is 365. The van der Waals surface area contributed by atoms with Crippen molar-refractivity contribution in [2.45, 2.75) is 38.5 Å². The fraction of sp³-hybridized carbons (Fsp3) is 0.750. The van der Waals surface area contributed by atoms with Crippen LogP contribution in [0.2, 0.25) is 0 Å². The standard InChI is InChI=1S/C12H20F3N3O/c1-3-6-18-7-5-17-11(18)10(16-2)4-8-19-9-12(13,14)15/h5,7,10,16H,3-4,6,8-9H2,1-2H3. The van der Waals surface area contributed by atoms with Crippen LogP contribution < -0.4 is 5.32 Å². The number of hydrogen-bond donors (Lipinski definition) is 1. The average Bonchev–Trinajstić information content (AvgIpc) is 2.77. The minimum absolute atomic E-state index is 0.0456. The van der Waals surface area contributed by atoms with Crippen LogP contribution in [0.25, 0.3) is 0 Å². The number of imidazole rings is 1. The summed E-state index contributed by atoms with van der Waals surface area (Å²) in [5.74, 6) is 0.833. The van der Waals surface area contributed by atoms with Gasteiger partial charge in [-0.15, -0.1) is 0 Å². The largest absolute Gasteiger partial charge is 0.411 e. The monoisotopic (exact) mass is 279 g/mol. The van der Waals surface area contributed by atoms with Crippen LogP contribution in [-0.2, 0) is 11.3 Å². The molecule has 110 valence electrons. The van der Waals surface area contributed by atoms with Crippen molar-refractivity contribution in [1.82, 2.24) is 14.9 Å². The first-order valence-corrected chi connectivity index (χ1v) is 6.30. The summed E-state index contributed by atoms with van der Waals surface area (Å²) >= 11 is 0. The Morgan fingerprint density at radius 3 is 2.79 bits per heavy atom. The lowest BCUT2D eigenvalue weighted by Crippen LogP contribution is -2.24. The molecule has 4 nitrogen and oxygen atoms in total. The molecule has 0 radical (unpaired) electrons. The van der Waals surface area contributed by atoms with E-state index in [1.54, 1.807) is 13.2 Å². The number of hydrogen-bond acceptors (Lipinski definition) is 3. The Morgan fingerprint density at radius 1 is 1.47 bits per heavy atom. The highest BCUT2D eigenvalue weighted by Gasteiger charge is 2.27. The van der Waals surface area contributed by atoms with Gasteiger partial charge in [0.15, 0.2) is 0 Å². The molecule has 0 aliphatic carbocycles. The van der Waals surface area contributed by atoms with Gasteiger partial charge in [-0.05, 0) is 19.9 Å². The third-order valence-electron chi connectivity index (χ3n) is 2.69. The van der Waals surface area contributed by atoms with Crippen LogP contribution in [0.4, 0.5) is 13.2 Å². The molecule has 1 rings (SSSR count). The van der Waals surface area contributed by atoms with E-state index in [1.165, 1.54) is 0 Å². The van der Waals surface area contributed by atoms with Gasteiger partial charge in [-0.25, -0.2) is 4.98 Å². The molecule has 0 saturated heterocycles. The first kappa shape index (κ1) is 16.0. The second-order valence-corrected chi connectivity index (χ2v) is 4.28. The summed E-state index contributed by atoms with van der Waals surface area (Å²) in [6.07, 6.45) is 0.735. The molecule has 1 N–H and O–H groups in total. The molecule has 0 aliphatic rings. The van der Waals surface area contributed by atoms with Crippen LogP contribution in [0.1, 0.15) is 31.6 Å². The van der Waals surface area contributed by atoms with Crippen molar-refractivity contribution in [2.75, 3.05) is 20.3 Å². The summed E-state index contributed by atoms with van der Waals surface area (Å²) in [5, 5.41) is 3.06. The number of aromatic nitrogens is 2. The maximum absolute atomic E-state index is 11.9. The predicted octanol–water partition coefficient (Wildman–Crippen LogP) is 2.52. The maximum Gasteiger partial charge on any atom is 0.411 e. The predicted molar refractivity (Wildman–Crippen MR) is 65.8 cm³/mol. The van der Waals surface area contributed by atoms with Gasteiger partial charge in [0.1, 0.15) is 12.4 Å². The van der Waals surface area contributed by atoms with Gasteiger partial charge in [0.2, 0.25) is 0 Å². The zero-order chi connectivity index (χ0) is 14.3. The Morgan fingerprint density at radius 2 is 2.21 bits per heavy atom. The van der Waals surface area contributed by atoms with E-state index in [1.807, 2.05) is 10.8 Å². The topological polar surface area (TPSA) is 39.1 Å². The van der Waals surface area contributed by atoms with E-state index < -0.39 is 12.8 Å². The lowest BCUT2D eigenvalue weighted by atomic mass is 10.2. The highest BCUT2D eigenvalue weighted by Crippen LogP contribution is 2.17. The molecule has 0 fully saturated rings. The van der Waals surface area contributed by atoms with Gasteiger partial charge in [-0.3, -0.25) is 0 Å². The Kier molecular flexibility index (Phi) is 6.30. The summed E-state index contributed by atoms with van der Waals surface area (Å²) in [5.41, 5.74) is 0. The number of ether oxygens (including phenoxy) is 1. The molecule has 0 saturated carbocycles. The van der Waals surface area contributed by atoms with Crippen LogP contribution in [0.5, 0.6) is 0 Å². The normalized spacial score (nSPS) is 13.7. The van der Waals surface area contributed by atoms with E-state index in [0.29, 0.717) is 6.42 Å². The Balaban J connectivity index is 2.46. The first-order chi connectivity index (χ1) is 8.98. The molecule has 1 atom stereocenters. The highest BCUT2D eigenvalue weighted by molar-refractivity contribution is 4.99. The zero-order valence-corrected chi connectivity index (χ0v) is 11.2. The van der Waals surface area contributed by atoms with E-state index in [9.17, 15) is 13.2 Å². The molecule has 0 bridgehead atoms. The quantitative estimate of drug-likeness (QED) is 0.743. The summed E-state index contributed by atoms with van der Waals surface area (Å²) in [6, 6.07) is -0.102. The number of alkyl halides is 3. The summed E-state index contributed by atoms with van der Waals surface area (Å²) < 4.78 is 42.5. The molecular weight excluding hydrogens is 259 g/mol. The van der Waals surface area contributed by atoms with Crippen molar-refractivity contribution in [2.24, 2.45) is 0 Å². The second kappa shape index (κ2) is 7.49. The van der Waals surface area contributed by atoms with Crippen LogP contribution >= 0.6 is 0 Å². The van der Waals surface area contributed by atoms with Gasteiger partial charge in [0.05, 0.1) is 6.04 Å². The molecular formula is C12H20F3N3O. The first-order valence-electron chi connectivity index (χ1n) is 6.30. The molecule has 0 aliphatic heterocycles. The summed E-state index contributed by atoms with van der Waals surface area (Å²) in [6.45, 7) is 1.75. The molecule has 0 aromatic carbocycles. The molecule has 7 heteroatoms. The fourth-order valence-corrected chi connectivity index (χ4v) is 1.85. The molecule has 0 spiro atoms. The van der Waals surface area contributed by atoms with Gasteiger partial charge in [-0.2, -0.15) is 13.2 Å². The molecule has 1 unspecified atom stereocenters. The Hall–Kier alpha value is -1.08. The van der Waals surface area contributed by atoms with Crippen LogP contribution in [0.3, 0.4) is 0 Å². The number of nitrogens with one attached hydrogen (secondary N) is 1. The third-order valence-corrected chi connectivity index (χ3v) is 2.69. The van der Waals surface area contributed by atoms with Crippen molar-refractivity contribution in [3.8, 4) is 0 Å². The average molecular weight is 279 g/mol. The summed E-state index contributed by atoms with van der Waals surface area (Å²) in [4.78, 5) is 4.26. The van der Waals surface area contributed by atoms with Gasteiger partial charge in [-0.1, -0.05) is 6.92 Å². The van der Waals surface area contributed by atoms with Crippen molar-refractivity contribution in [1.29, 1.82) is 0 Å². The zero-order valence-electron chi connectivity index (χ0n) is 11.2. The molecule has 1 aromatic heterocycles. The van der Waals surface area contributed by atoms with E-state index >= 15 is 0 Å². The Labute approximate surface area is 111 Å². The SMILES string of the molecule is CCCn1ccnc1C(CCOCC(F)(F)F)NC. The van der Waals surface area contributed by atoms with E-state index in [2.05, 4.69) is 22.0 Å². The van der Waals surface area contributed by atoms with Crippen molar-refractivity contribution in [3.05, 3.63) is 18.2 Å². The van der Waals surface area contributed by atoms with Gasteiger partial charge in [0, 0.05) is 25.5 Å². The number of nitrogens with zero attached hydrogens (tertiary/aromatic N) is 2. The van der Waals surface area contributed by atoms with E-state index in [4.69, 9.17) is 0 Å². The number of aryl methyl sites for hydroxylation is 1. The minimum atomic E-state index is -4.27. The number of rotatable bonds is 8. The van der Waals surface area contributed by atoms with E-state index in [-0.39, 0.29) is 12.6 Å². The molecule has 19 heavy (non-hydrogen) atoms. The van der Waals surface area contributed by atoms with Crippen LogP contribution in [0, 0.1) is 0 Å². The molecule has 0 amide bonds. The van der Waals surface area contributed by atoms with Crippen LogP contribution in [-0.4, -0.2) is 36.0 Å². The van der Waals surface area contributed by atoms with Gasteiger partial charge in [0.25, 0.3) is 0 Å². The van der Waals surface area contributed by atoms with Gasteiger partial charge >= 0.3 is 6.18 Å². The maximum atomic E-state index is 11.9. The smallest absolute Gasteiger partial charge is 0.372 e.